The van der Waals surface area contributed by atoms with Crippen molar-refractivity contribution < 1.29 is 13.5 Å². The molecule has 0 saturated heterocycles. The summed E-state index contributed by atoms with van der Waals surface area (Å²) in [7, 11) is 0. The summed E-state index contributed by atoms with van der Waals surface area (Å²) < 4.78 is 33.5. The van der Waals surface area contributed by atoms with Gasteiger partial charge in [-0.1, -0.05) is 19.9 Å². The number of aryl methyl sites for hydroxylation is 1. The van der Waals surface area contributed by atoms with Gasteiger partial charge in [-0.3, -0.25) is 4.79 Å². The molecule has 0 radical (unpaired) electrons. The SMILES string of the molecule is Cc1c[nH]c(=O)c2[nH]cc(-c3cc(CNCCC(C)C)ccc3Oc3ccc(F)cc3F)c12. The Morgan fingerprint density at radius 2 is 1.79 bits per heavy atom. The first kappa shape index (κ1) is 22.7. The number of halogens is 2. The maximum atomic E-state index is 14.3. The van der Waals surface area contributed by atoms with E-state index >= 15 is 0 Å². The number of hydrogen-bond acceptors (Lipinski definition) is 3. The highest BCUT2D eigenvalue weighted by Crippen LogP contribution is 2.39. The molecule has 5 nitrogen and oxygen atoms in total. The Labute approximate surface area is 190 Å². The van der Waals surface area contributed by atoms with Crippen LogP contribution in [-0.2, 0) is 6.54 Å². The lowest BCUT2D eigenvalue weighted by Crippen LogP contribution is -2.16. The normalized spacial score (nSPS) is 11.5. The lowest BCUT2D eigenvalue weighted by Gasteiger charge is -2.14. The summed E-state index contributed by atoms with van der Waals surface area (Å²) in [6.45, 7) is 7.83. The Bertz CT molecular complexity index is 1340. The van der Waals surface area contributed by atoms with E-state index in [4.69, 9.17) is 4.74 Å². The van der Waals surface area contributed by atoms with Gasteiger partial charge in [-0.2, -0.15) is 0 Å². The fourth-order valence-corrected chi connectivity index (χ4v) is 3.83. The van der Waals surface area contributed by atoms with Gasteiger partial charge < -0.3 is 20.0 Å². The van der Waals surface area contributed by atoms with E-state index in [0.29, 0.717) is 29.3 Å². The van der Waals surface area contributed by atoms with Gasteiger partial charge in [0.15, 0.2) is 11.6 Å². The second kappa shape index (κ2) is 9.58. The number of pyridine rings is 1. The number of aromatic amines is 2. The Kier molecular flexibility index (Phi) is 6.60. The van der Waals surface area contributed by atoms with Gasteiger partial charge in [-0.05, 0) is 61.2 Å². The number of rotatable bonds is 8. The maximum absolute atomic E-state index is 14.3. The van der Waals surface area contributed by atoms with Crippen molar-refractivity contribution in [2.24, 2.45) is 5.92 Å². The molecule has 7 heteroatoms. The number of H-pyrrole nitrogens is 2. The van der Waals surface area contributed by atoms with Crippen molar-refractivity contribution in [3.63, 3.8) is 0 Å². The van der Waals surface area contributed by atoms with Crippen molar-refractivity contribution in [2.75, 3.05) is 6.54 Å². The highest BCUT2D eigenvalue weighted by atomic mass is 19.1. The summed E-state index contributed by atoms with van der Waals surface area (Å²) in [6, 6.07) is 8.87. The zero-order chi connectivity index (χ0) is 23.5. The average molecular weight is 452 g/mol. The van der Waals surface area contributed by atoms with Gasteiger partial charge in [0.2, 0.25) is 0 Å². The standard InChI is InChI=1S/C26H27F2N3O2/c1-15(2)8-9-29-13-17-4-6-22(33-23-7-5-18(27)11-21(23)28)19(10-17)20-14-30-25-24(20)16(3)12-31-26(25)32/h4-7,10-12,14-15,29-30H,8-9,13H2,1-3H3,(H,31,32). The van der Waals surface area contributed by atoms with Crippen molar-refractivity contribution in [3.05, 3.63) is 81.9 Å². The molecule has 4 aromatic rings. The summed E-state index contributed by atoms with van der Waals surface area (Å²) in [5.41, 5.74) is 3.64. The van der Waals surface area contributed by atoms with Crippen molar-refractivity contribution >= 4 is 10.9 Å². The summed E-state index contributed by atoms with van der Waals surface area (Å²) in [5.74, 6) is -0.509. The highest BCUT2D eigenvalue weighted by Gasteiger charge is 2.17. The number of nitrogens with one attached hydrogen (secondary N) is 3. The molecule has 0 spiro atoms. The molecule has 0 bridgehead atoms. The first-order chi connectivity index (χ1) is 15.8. The van der Waals surface area contributed by atoms with Crippen molar-refractivity contribution in [1.82, 2.24) is 15.3 Å². The lowest BCUT2D eigenvalue weighted by atomic mass is 9.99. The van der Waals surface area contributed by atoms with Crippen LogP contribution in [0.2, 0.25) is 0 Å². The lowest BCUT2D eigenvalue weighted by molar-refractivity contribution is 0.439. The molecule has 0 amide bonds. The van der Waals surface area contributed by atoms with Crippen LogP contribution in [0.1, 0.15) is 31.4 Å². The minimum Gasteiger partial charge on any atom is -0.454 e. The van der Waals surface area contributed by atoms with Crippen LogP contribution in [0.15, 0.2) is 53.6 Å². The fraction of sp³-hybridized carbons (Fsp3) is 0.269. The molecule has 4 rings (SSSR count). The number of hydrogen-bond donors (Lipinski definition) is 3. The highest BCUT2D eigenvalue weighted by molar-refractivity contribution is 5.98. The van der Waals surface area contributed by atoms with E-state index < -0.39 is 11.6 Å². The van der Waals surface area contributed by atoms with Gasteiger partial charge in [0.1, 0.15) is 17.1 Å². The van der Waals surface area contributed by atoms with Crippen molar-refractivity contribution in [2.45, 2.75) is 33.7 Å². The molecule has 0 fully saturated rings. The van der Waals surface area contributed by atoms with E-state index in [1.807, 2.05) is 19.1 Å². The Balaban J connectivity index is 1.77. The molecule has 33 heavy (non-hydrogen) atoms. The Hall–Kier alpha value is -3.45. The third-order valence-corrected chi connectivity index (χ3v) is 5.60. The fourth-order valence-electron chi connectivity index (χ4n) is 3.83. The smallest absolute Gasteiger partial charge is 0.272 e. The van der Waals surface area contributed by atoms with E-state index in [9.17, 15) is 13.6 Å². The van der Waals surface area contributed by atoms with Crippen LogP contribution < -0.4 is 15.6 Å². The van der Waals surface area contributed by atoms with Crippen molar-refractivity contribution in [1.29, 1.82) is 0 Å². The van der Waals surface area contributed by atoms with Crippen LogP contribution in [0, 0.1) is 24.5 Å². The summed E-state index contributed by atoms with van der Waals surface area (Å²) >= 11 is 0. The molecule has 2 aromatic carbocycles. The minimum atomic E-state index is -0.785. The first-order valence-electron chi connectivity index (χ1n) is 11.0. The second-order valence-electron chi connectivity index (χ2n) is 8.62. The number of ether oxygens (including phenoxy) is 1. The van der Waals surface area contributed by atoms with Crippen molar-refractivity contribution in [3.8, 4) is 22.6 Å². The van der Waals surface area contributed by atoms with Crippen LogP contribution in [0.25, 0.3) is 22.0 Å². The number of fused-ring (bicyclic) bond motifs is 1. The van der Waals surface area contributed by atoms with Crippen LogP contribution in [0.3, 0.4) is 0 Å². The molecule has 0 aliphatic heterocycles. The molecule has 2 heterocycles. The van der Waals surface area contributed by atoms with Gasteiger partial charge in [-0.15, -0.1) is 0 Å². The number of benzene rings is 2. The Morgan fingerprint density at radius 3 is 2.55 bits per heavy atom. The summed E-state index contributed by atoms with van der Waals surface area (Å²) in [6.07, 6.45) is 4.49. The molecule has 3 N–H and O–H groups in total. The van der Waals surface area contributed by atoms with Crippen LogP contribution in [-0.4, -0.2) is 16.5 Å². The molecule has 2 aromatic heterocycles. The third-order valence-electron chi connectivity index (χ3n) is 5.60. The second-order valence-corrected chi connectivity index (χ2v) is 8.62. The summed E-state index contributed by atoms with van der Waals surface area (Å²) in [5, 5.41) is 4.21. The first-order valence-corrected chi connectivity index (χ1v) is 11.0. The van der Waals surface area contributed by atoms with Gasteiger partial charge in [0.25, 0.3) is 5.56 Å². The maximum Gasteiger partial charge on any atom is 0.272 e. The van der Waals surface area contributed by atoms with E-state index in [2.05, 4.69) is 29.1 Å². The monoisotopic (exact) mass is 451 g/mol. The van der Waals surface area contributed by atoms with E-state index in [1.165, 1.54) is 6.07 Å². The molecule has 0 aliphatic carbocycles. The predicted octanol–water partition coefficient (Wildman–Crippen LogP) is 6.04. The zero-order valence-corrected chi connectivity index (χ0v) is 18.9. The van der Waals surface area contributed by atoms with Crippen LogP contribution >= 0.6 is 0 Å². The topological polar surface area (TPSA) is 69.9 Å². The van der Waals surface area contributed by atoms with E-state index in [0.717, 1.165) is 47.2 Å². The molecular formula is C26H27F2N3O2. The summed E-state index contributed by atoms with van der Waals surface area (Å²) in [4.78, 5) is 18.1. The average Bonchev–Trinajstić information content (AvgIpc) is 3.23. The van der Waals surface area contributed by atoms with E-state index in [-0.39, 0.29) is 11.3 Å². The molecule has 0 atom stereocenters. The molecule has 0 saturated carbocycles. The largest absolute Gasteiger partial charge is 0.454 e. The van der Waals surface area contributed by atoms with E-state index in [1.54, 1.807) is 18.5 Å². The molecule has 0 aliphatic rings. The van der Waals surface area contributed by atoms with Crippen LogP contribution in [0.5, 0.6) is 11.5 Å². The molecule has 172 valence electrons. The molecule has 0 unspecified atom stereocenters. The van der Waals surface area contributed by atoms with Gasteiger partial charge in [0, 0.05) is 41.5 Å². The third kappa shape index (κ3) is 4.98. The van der Waals surface area contributed by atoms with Crippen LogP contribution in [0.4, 0.5) is 8.78 Å². The van der Waals surface area contributed by atoms with Gasteiger partial charge >= 0.3 is 0 Å². The Morgan fingerprint density at radius 1 is 1.00 bits per heavy atom. The van der Waals surface area contributed by atoms with Gasteiger partial charge in [-0.25, -0.2) is 8.78 Å². The van der Waals surface area contributed by atoms with Gasteiger partial charge in [0.05, 0.1) is 0 Å². The molecular weight excluding hydrogens is 424 g/mol. The quantitative estimate of drug-likeness (QED) is 0.286. The number of aromatic nitrogens is 2. The zero-order valence-electron chi connectivity index (χ0n) is 18.9. The predicted molar refractivity (Wildman–Crippen MR) is 127 cm³/mol. The minimum absolute atomic E-state index is 0.0742.